The third-order valence-electron chi connectivity index (χ3n) is 1.55. The van der Waals surface area contributed by atoms with E-state index >= 15 is 0 Å². The van der Waals surface area contributed by atoms with Crippen LogP contribution in [0.4, 0.5) is 0 Å². The van der Waals surface area contributed by atoms with E-state index in [4.69, 9.17) is 10.2 Å². The van der Waals surface area contributed by atoms with E-state index < -0.39 is 7.14 Å². The van der Waals surface area contributed by atoms with Gasteiger partial charge in [0.05, 0.1) is 19.7 Å². The molecule has 0 saturated carbocycles. The van der Waals surface area contributed by atoms with Crippen LogP contribution in [-0.4, -0.2) is 28.7 Å². The molecule has 0 aromatic carbocycles. The van der Waals surface area contributed by atoms with Gasteiger partial charge in [-0.3, -0.25) is 0 Å². The summed E-state index contributed by atoms with van der Waals surface area (Å²) >= 11 is 0. The lowest BCUT2D eigenvalue weighted by molar-refractivity contribution is 0.472. The lowest BCUT2D eigenvalue weighted by Crippen LogP contribution is -1.94. The molecule has 0 spiro atoms. The first-order valence-electron chi connectivity index (χ1n) is 3.95. The molecular formula is C9H15O3P. The summed E-state index contributed by atoms with van der Waals surface area (Å²) in [7, 11) is -2.36. The minimum absolute atomic E-state index is 0.333. The summed E-state index contributed by atoms with van der Waals surface area (Å²) in [6.07, 6.45) is 7.36. The van der Waals surface area contributed by atoms with Gasteiger partial charge in [-0.1, -0.05) is 6.08 Å². The first-order chi connectivity index (χ1) is 6.18. The van der Waals surface area contributed by atoms with Crippen LogP contribution in [0.5, 0.6) is 0 Å². The van der Waals surface area contributed by atoms with Crippen molar-refractivity contribution in [3.8, 4) is 0 Å². The Bertz CT molecular complexity index is 225. The van der Waals surface area contributed by atoms with Gasteiger partial charge in [-0.05, 0) is 12.2 Å². The molecule has 0 radical (unpaired) electrons. The van der Waals surface area contributed by atoms with E-state index in [0.717, 1.165) is 12.5 Å². The van der Waals surface area contributed by atoms with Crippen molar-refractivity contribution in [2.45, 2.75) is 0 Å². The van der Waals surface area contributed by atoms with Gasteiger partial charge in [-0.2, -0.15) is 0 Å². The van der Waals surface area contributed by atoms with Gasteiger partial charge in [0.15, 0.2) is 0 Å². The molecule has 13 heavy (non-hydrogen) atoms. The van der Waals surface area contributed by atoms with E-state index in [1.807, 2.05) is 0 Å². The van der Waals surface area contributed by atoms with Crippen LogP contribution in [0.15, 0.2) is 37.3 Å². The van der Waals surface area contributed by atoms with Crippen LogP contribution in [0, 0.1) is 0 Å². The molecule has 0 bridgehead atoms. The molecule has 0 aliphatic heterocycles. The number of hydrogen-bond acceptors (Lipinski definition) is 3. The molecule has 0 atom stereocenters. The molecular weight excluding hydrogens is 187 g/mol. The van der Waals surface area contributed by atoms with Gasteiger partial charge in [0.2, 0.25) is 0 Å². The lowest BCUT2D eigenvalue weighted by atomic mass is 10.7. The van der Waals surface area contributed by atoms with Gasteiger partial charge in [-0.15, -0.1) is 6.58 Å². The second-order valence-corrected chi connectivity index (χ2v) is 5.88. The Morgan fingerprint density at radius 2 is 1.54 bits per heavy atom. The Morgan fingerprint density at radius 1 is 1.08 bits per heavy atom. The summed E-state index contributed by atoms with van der Waals surface area (Å²) < 4.78 is 11.9. The summed E-state index contributed by atoms with van der Waals surface area (Å²) in [6.45, 7) is 3.52. The number of allylic oxidation sites excluding steroid dienone is 3. The minimum atomic E-state index is -2.36. The highest BCUT2D eigenvalue weighted by atomic mass is 31.2. The molecule has 0 unspecified atom stereocenters. The van der Waals surface area contributed by atoms with Crippen LogP contribution in [-0.2, 0) is 4.57 Å². The molecule has 0 aliphatic carbocycles. The number of hydrogen-bond donors (Lipinski definition) is 2. The number of rotatable bonds is 6. The molecule has 0 aromatic rings. The molecule has 4 heteroatoms. The van der Waals surface area contributed by atoms with Crippen molar-refractivity contribution in [1.82, 2.24) is 0 Å². The topological polar surface area (TPSA) is 57.5 Å². The van der Waals surface area contributed by atoms with Crippen molar-refractivity contribution < 1.29 is 14.8 Å². The molecule has 0 saturated heterocycles. The average Bonchev–Trinajstić information content (AvgIpc) is 2.12. The Hall–Kier alpha value is -0.950. The van der Waals surface area contributed by atoms with Gasteiger partial charge in [0.1, 0.15) is 0 Å². The summed E-state index contributed by atoms with van der Waals surface area (Å²) in [5, 5.41) is 16.9. The van der Waals surface area contributed by atoms with Gasteiger partial charge in [-0.25, -0.2) is 0 Å². The van der Waals surface area contributed by atoms with Crippen LogP contribution in [0.2, 0.25) is 0 Å². The lowest BCUT2D eigenvalue weighted by Gasteiger charge is -2.11. The van der Waals surface area contributed by atoms with Gasteiger partial charge in [0.25, 0.3) is 0 Å². The fraction of sp³-hybridized carbons (Fsp3) is 0.333. The highest BCUT2D eigenvalue weighted by Crippen LogP contribution is 2.45. The van der Waals surface area contributed by atoms with E-state index in [9.17, 15) is 4.57 Å². The van der Waals surface area contributed by atoms with Crippen molar-refractivity contribution in [3.05, 3.63) is 37.3 Å². The van der Waals surface area contributed by atoms with Crippen molar-refractivity contribution in [1.29, 1.82) is 0 Å². The maximum absolute atomic E-state index is 11.9. The van der Waals surface area contributed by atoms with Gasteiger partial charge < -0.3 is 14.8 Å². The SMILES string of the molecule is C=CCP(=O)(CC=CO)CC=CO. The second kappa shape index (κ2) is 6.55. The molecule has 0 rings (SSSR count). The third kappa shape index (κ3) is 5.31. The quantitative estimate of drug-likeness (QED) is 0.395. The van der Waals surface area contributed by atoms with E-state index in [1.165, 1.54) is 12.2 Å². The van der Waals surface area contributed by atoms with Crippen LogP contribution in [0.1, 0.15) is 0 Å². The smallest absolute Gasteiger partial charge is 0.0987 e. The fourth-order valence-electron chi connectivity index (χ4n) is 0.937. The Labute approximate surface area is 78.5 Å². The molecule has 0 amide bonds. The predicted octanol–water partition coefficient (Wildman–Crippen LogP) is 2.68. The summed E-state index contributed by atoms with van der Waals surface area (Å²) in [5.41, 5.74) is 0. The van der Waals surface area contributed by atoms with Crippen LogP contribution in [0.25, 0.3) is 0 Å². The maximum Gasteiger partial charge on any atom is 0.0987 e. The Kier molecular flexibility index (Phi) is 6.07. The zero-order valence-electron chi connectivity index (χ0n) is 7.47. The van der Waals surface area contributed by atoms with Crippen molar-refractivity contribution >= 4 is 7.14 Å². The second-order valence-electron chi connectivity index (χ2n) is 2.66. The third-order valence-corrected chi connectivity index (χ3v) is 4.23. The van der Waals surface area contributed by atoms with E-state index in [2.05, 4.69) is 6.58 Å². The molecule has 0 aliphatic rings. The van der Waals surface area contributed by atoms with E-state index in [1.54, 1.807) is 6.08 Å². The predicted molar refractivity (Wildman–Crippen MR) is 55.9 cm³/mol. The maximum atomic E-state index is 11.9. The highest BCUT2D eigenvalue weighted by Gasteiger charge is 2.16. The van der Waals surface area contributed by atoms with Gasteiger partial charge in [0, 0.05) is 18.5 Å². The van der Waals surface area contributed by atoms with Crippen molar-refractivity contribution in [2.75, 3.05) is 18.5 Å². The average molecular weight is 202 g/mol. The monoisotopic (exact) mass is 202 g/mol. The molecule has 0 fully saturated rings. The van der Waals surface area contributed by atoms with Crippen LogP contribution in [0.3, 0.4) is 0 Å². The molecule has 0 aromatic heterocycles. The van der Waals surface area contributed by atoms with Gasteiger partial charge >= 0.3 is 0 Å². The Balaban J connectivity index is 4.32. The van der Waals surface area contributed by atoms with E-state index in [0.29, 0.717) is 18.5 Å². The zero-order chi connectivity index (χ0) is 10.2. The summed E-state index contributed by atoms with van der Waals surface area (Å²) in [6, 6.07) is 0. The largest absolute Gasteiger partial charge is 0.516 e. The van der Waals surface area contributed by atoms with Crippen molar-refractivity contribution in [3.63, 3.8) is 0 Å². The molecule has 2 N–H and O–H groups in total. The standard InChI is InChI=1S/C9H15O3P/c1-2-7-13(12,8-3-5-10)9-4-6-11/h2-6,10-11H,1,7-9H2. The zero-order valence-corrected chi connectivity index (χ0v) is 8.36. The minimum Gasteiger partial charge on any atom is -0.516 e. The summed E-state index contributed by atoms with van der Waals surface area (Å²) in [4.78, 5) is 0. The van der Waals surface area contributed by atoms with Crippen molar-refractivity contribution in [2.24, 2.45) is 0 Å². The normalized spacial score (nSPS) is 16.3. The molecule has 74 valence electrons. The first-order valence-corrected chi connectivity index (χ1v) is 6.21. The van der Waals surface area contributed by atoms with Crippen LogP contribution >= 0.6 is 7.14 Å². The van der Waals surface area contributed by atoms with E-state index in [-0.39, 0.29) is 0 Å². The number of aliphatic hydroxyl groups excluding tert-OH is 2. The summed E-state index contributed by atoms with van der Waals surface area (Å²) in [5.74, 6) is 0. The first kappa shape index (κ1) is 12.0. The Morgan fingerprint density at radius 3 is 1.85 bits per heavy atom. The molecule has 3 nitrogen and oxygen atoms in total. The van der Waals surface area contributed by atoms with Crippen LogP contribution < -0.4 is 0 Å². The molecule has 0 heterocycles. The highest BCUT2D eigenvalue weighted by molar-refractivity contribution is 7.64. The fourth-order valence-corrected chi connectivity index (χ4v) is 2.81. The number of aliphatic hydroxyl groups is 2.